The zero-order valence-corrected chi connectivity index (χ0v) is 37.1. The summed E-state index contributed by atoms with van der Waals surface area (Å²) in [5.74, 6) is -1.56. The topological polar surface area (TPSA) is 227 Å². The van der Waals surface area contributed by atoms with E-state index < -0.39 is 75.7 Å². The molecule has 60 heavy (non-hydrogen) atoms. The molecule has 0 aromatic heterocycles. The summed E-state index contributed by atoms with van der Waals surface area (Å²) in [6, 6.07) is 0. The van der Waals surface area contributed by atoms with Crippen LogP contribution in [0, 0.1) is 0 Å². The van der Waals surface area contributed by atoms with E-state index in [1.165, 1.54) is 76.7 Å². The van der Waals surface area contributed by atoms with Crippen LogP contribution in [-0.2, 0) is 37.5 Å². The zero-order chi connectivity index (χ0) is 44.4. The molecule has 8 atom stereocenters. The Kier molecular flexibility index (Phi) is 32.4. The van der Waals surface area contributed by atoms with Crippen LogP contribution in [0.5, 0.6) is 0 Å². The van der Waals surface area contributed by atoms with Crippen molar-refractivity contribution in [1.82, 2.24) is 0 Å². The number of phosphoric ester groups is 1. The number of allylic oxidation sites excluding steroid dienone is 8. The third-order valence-electron chi connectivity index (χ3n) is 10.1. The van der Waals surface area contributed by atoms with Gasteiger partial charge in [0.2, 0.25) is 0 Å². The lowest BCUT2D eigenvalue weighted by Crippen LogP contribution is -2.64. The summed E-state index contributed by atoms with van der Waals surface area (Å²) in [5, 5.41) is 50.1. The quantitative estimate of drug-likeness (QED) is 0.00892. The summed E-state index contributed by atoms with van der Waals surface area (Å²) < 4.78 is 33.3. The second kappa shape index (κ2) is 35.0. The van der Waals surface area contributed by atoms with E-state index in [0.717, 1.165) is 44.9 Å². The number of ether oxygens (including phenoxy) is 2. The van der Waals surface area contributed by atoms with Crippen LogP contribution in [0.2, 0.25) is 0 Å². The number of ketones is 1. The lowest BCUT2D eigenvalue weighted by atomic mass is 9.85. The number of carbonyl (C=O) groups is 3. The molecule has 0 radical (unpaired) electrons. The summed E-state index contributed by atoms with van der Waals surface area (Å²) in [5.41, 5.74) is 0. The highest BCUT2D eigenvalue weighted by molar-refractivity contribution is 7.47. The summed E-state index contributed by atoms with van der Waals surface area (Å²) in [4.78, 5) is 47.9. The molecule has 1 aliphatic carbocycles. The molecule has 0 aliphatic heterocycles. The van der Waals surface area contributed by atoms with Crippen LogP contribution >= 0.6 is 7.82 Å². The first-order valence-electron chi connectivity index (χ1n) is 22.4. The van der Waals surface area contributed by atoms with Crippen molar-refractivity contribution < 1.29 is 67.9 Å². The van der Waals surface area contributed by atoms with Crippen LogP contribution in [0.1, 0.15) is 162 Å². The minimum atomic E-state index is -5.18. The van der Waals surface area contributed by atoms with E-state index in [1.54, 1.807) is 12.2 Å². The second-order valence-corrected chi connectivity index (χ2v) is 17.0. The molecule has 346 valence electrons. The molecule has 0 heterocycles. The molecule has 1 rings (SSSR count). The maximum atomic E-state index is 12.8. The fourth-order valence-electron chi connectivity index (χ4n) is 6.48. The highest BCUT2D eigenvalue weighted by Gasteiger charge is 2.51. The first kappa shape index (κ1) is 55.5. The summed E-state index contributed by atoms with van der Waals surface area (Å²) >= 11 is 0. The number of rotatable bonds is 36. The van der Waals surface area contributed by atoms with Crippen LogP contribution in [-0.4, -0.2) is 104 Å². The molecule has 6 N–H and O–H groups in total. The number of esters is 2. The van der Waals surface area contributed by atoms with Gasteiger partial charge in [0.25, 0.3) is 0 Å². The van der Waals surface area contributed by atoms with Crippen LogP contribution in [0.3, 0.4) is 0 Å². The van der Waals surface area contributed by atoms with Crippen molar-refractivity contribution in [3.05, 3.63) is 48.6 Å². The van der Waals surface area contributed by atoms with Crippen molar-refractivity contribution in [3.63, 3.8) is 0 Å². The smallest absolute Gasteiger partial charge is 0.462 e. The number of hydrogen-bond acceptors (Lipinski definition) is 13. The van der Waals surface area contributed by atoms with Crippen molar-refractivity contribution >= 4 is 25.5 Å². The third kappa shape index (κ3) is 27.4. The molecule has 0 bridgehead atoms. The standard InChI is InChI=1S/C45H77O14P/c1-3-5-7-9-11-13-15-17-19-21-23-25-27-30-36(46)31-29-33-39(48)58-37(35-57-60(54,55)59-45-43(52)41(50)40(49)42(51)44(45)53)34-56-38(47)32-28-26-24-22-20-18-16-14-12-10-8-6-4-2/h11,13,17,19,23,25,27,30,37,40-45,49-53H,3-10,12,14-16,18,20-22,24,26,28-29,31-35H2,1-2H3,(H,54,55)/b13-11-,19-17-,25-23-,30-27+/t37-,40?,41-,42+,43-,44-,45?/m1/s1. The van der Waals surface area contributed by atoms with Crippen molar-refractivity contribution in [2.45, 2.75) is 204 Å². The van der Waals surface area contributed by atoms with Gasteiger partial charge >= 0.3 is 19.8 Å². The molecule has 15 heteroatoms. The Balaban J connectivity index is 2.58. The van der Waals surface area contributed by atoms with Gasteiger partial charge in [-0.15, -0.1) is 0 Å². The van der Waals surface area contributed by atoms with Gasteiger partial charge in [-0.3, -0.25) is 23.4 Å². The van der Waals surface area contributed by atoms with Crippen LogP contribution < -0.4 is 0 Å². The minimum Gasteiger partial charge on any atom is -0.462 e. The van der Waals surface area contributed by atoms with Crippen molar-refractivity contribution in [2.24, 2.45) is 0 Å². The molecule has 0 amide bonds. The Hall–Kier alpha value is -2.52. The third-order valence-corrected chi connectivity index (χ3v) is 11.1. The molecular formula is C45H77O14P. The van der Waals surface area contributed by atoms with Gasteiger partial charge in [-0.1, -0.05) is 146 Å². The van der Waals surface area contributed by atoms with E-state index in [-0.39, 0.29) is 31.5 Å². The predicted molar refractivity (Wildman–Crippen MR) is 231 cm³/mol. The molecular weight excluding hydrogens is 795 g/mol. The van der Waals surface area contributed by atoms with Gasteiger partial charge in [0.15, 0.2) is 11.9 Å². The van der Waals surface area contributed by atoms with Gasteiger partial charge < -0.3 is 39.9 Å². The van der Waals surface area contributed by atoms with Crippen molar-refractivity contribution in [2.75, 3.05) is 13.2 Å². The highest BCUT2D eigenvalue weighted by atomic mass is 31.2. The van der Waals surface area contributed by atoms with Gasteiger partial charge in [0, 0.05) is 19.3 Å². The Morgan fingerprint density at radius 1 is 0.567 bits per heavy atom. The van der Waals surface area contributed by atoms with Gasteiger partial charge in [-0.25, -0.2) is 4.57 Å². The largest absolute Gasteiger partial charge is 0.472 e. The fourth-order valence-corrected chi connectivity index (χ4v) is 7.45. The summed E-state index contributed by atoms with van der Waals surface area (Å²) in [6.07, 6.45) is 23.1. The molecule has 1 aliphatic rings. The Morgan fingerprint density at radius 2 is 1.07 bits per heavy atom. The van der Waals surface area contributed by atoms with Crippen LogP contribution in [0.15, 0.2) is 48.6 Å². The highest BCUT2D eigenvalue weighted by Crippen LogP contribution is 2.47. The summed E-state index contributed by atoms with van der Waals surface area (Å²) in [7, 11) is -5.18. The Bertz CT molecular complexity index is 1300. The van der Waals surface area contributed by atoms with Gasteiger partial charge in [-0.2, -0.15) is 0 Å². The van der Waals surface area contributed by atoms with E-state index in [0.29, 0.717) is 6.42 Å². The average molecular weight is 873 g/mol. The van der Waals surface area contributed by atoms with E-state index in [4.69, 9.17) is 18.5 Å². The SMILES string of the molecule is CCCCC/C=C\C/C=C\C/C=C\C=C\C(=O)CCCC(=O)O[C@H](COC(=O)CCCCCCCCCCCCCCC)COP(=O)(O)OC1[C@H](O)[C@H](O)C(O)[C@H](O)[C@H]1O. The number of unbranched alkanes of at least 4 members (excludes halogenated alkanes) is 15. The first-order chi connectivity index (χ1) is 28.8. The minimum absolute atomic E-state index is 0.0529. The van der Waals surface area contributed by atoms with E-state index in [9.17, 15) is 49.4 Å². The number of hydrogen-bond donors (Lipinski definition) is 6. The number of aliphatic hydroxyl groups is 5. The van der Waals surface area contributed by atoms with E-state index in [2.05, 4.69) is 38.2 Å². The van der Waals surface area contributed by atoms with Crippen molar-refractivity contribution in [1.29, 1.82) is 0 Å². The molecule has 0 aromatic carbocycles. The molecule has 1 saturated carbocycles. The molecule has 1 fully saturated rings. The Labute approximate surface area is 358 Å². The lowest BCUT2D eigenvalue weighted by Gasteiger charge is -2.41. The zero-order valence-electron chi connectivity index (χ0n) is 36.2. The van der Waals surface area contributed by atoms with Crippen molar-refractivity contribution in [3.8, 4) is 0 Å². The molecule has 0 spiro atoms. The molecule has 0 saturated heterocycles. The molecule has 0 aromatic rings. The van der Waals surface area contributed by atoms with Crippen LogP contribution in [0.4, 0.5) is 0 Å². The van der Waals surface area contributed by atoms with E-state index >= 15 is 0 Å². The van der Waals surface area contributed by atoms with Gasteiger partial charge in [-0.05, 0) is 44.6 Å². The fraction of sp³-hybridized carbons (Fsp3) is 0.756. The monoisotopic (exact) mass is 873 g/mol. The number of aliphatic hydroxyl groups excluding tert-OH is 5. The maximum absolute atomic E-state index is 12.8. The maximum Gasteiger partial charge on any atom is 0.472 e. The second-order valence-electron chi connectivity index (χ2n) is 15.6. The van der Waals surface area contributed by atoms with E-state index in [1.807, 2.05) is 6.08 Å². The average Bonchev–Trinajstić information content (AvgIpc) is 3.22. The molecule has 14 nitrogen and oxygen atoms in total. The lowest BCUT2D eigenvalue weighted by molar-refractivity contribution is -0.220. The van der Waals surface area contributed by atoms with Gasteiger partial charge in [0.1, 0.15) is 43.2 Å². The number of phosphoric acid groups is 1. The Morgan fingerprint density at radius 3 is 1.67 bits per heavy atom. The first-order valence-corrected chi connectivity index (χ1v) is 23.9. The number of carbonyl (C=O) groups excluding carboxylic acids is 3. The molecule has 3 unspecified atom stereocenters. The van der Waals surface area contributed by atoms with Gasteiger partial charge in [0.05, 0.1) is 6.61 Å². The normalized spacial score (nSPS) is 22.5. The summed E-state index contributed by atoms with van der Waals surface area (Å²) in [6.45, 7) is 3.05. The van der Waals surface area contributed by atoms with Crippen LogP contribution in [0.25, 0.3) is 0 Å². The predicted octanol–water partition coefficient (Wildman–Crippen LogP) is 7.57.